The summed E-state index contributed by atoms with van der Waals surface area (Å²) >= 11 is 3.47. The van der Waals surface area contributed by atoms with Gasteiger partial charge in [0.05, 0.1) is 12.7 Å². The second-order valence-corrected chi connectivity index (χ2v) is 6.83. The highest BCUT2D eigenvalue weighted by Gasteiger charge is 2.21. The first-order valence-electron chi connectivity index (χ1n) is 8.09. The molecule has 1 amide bonds. The number of nitrogens with one attached hydrogen (secondary N) is 1. The topological polar surface area (TPSA) is 45.3 Å². The molecule has 0 fully saturated rings. The van der Waals surface area contributed by atoms with Gasteiger partial charge in [0.2, 0.25) is 0 Å². The highest BCUT2D eigenvalue weighted by molar-refractivity contribution is 9.10. The minimum absolute atomic E-state index is 0.0449. The van der Waals surface area contributed by atoms with Crippen molar-refractivity contribution in [1.82, 2.24) is 9.88 Å². The quantitative estimate of drug-likeness (QED) is 0.687. The number of benzene rings is 2. The summed E-state index contributed by atoms with van der Waals surface area (Å²) < 4.78 is 6.01. The first-order valence-corrected chi connectivity index (χ1v) is 8.89. The van der Waals surface area contributed by atoms with Crippen molar-refractivity contribution in [2.45, 2.75) is 6.42 Å². The number of fused-ring (bicyclic) bond motifs is 3. The smallest absolute Gasteiger partial charge is 0.259 e. The Bertz CT molecular complexity index is 991. The lowest BCUT2D eigenvalue weighted by Crippen LogP contribution is -2.27. The van der Waals surface area contributed by atoms with Crippen LogP contribution in [0.5, 0.6) is 5.75 Å². The van der Waals surface area contributed by atoms with Gasteiger partial charge in [0, 0.05) is 33.8 Å². The third kappa shape index (κ3) is 2.85. The van der Waals surface area contributed by atoms with Gasteiger partial charge in [0.15, 0.2) is 0 Å². The van der Waals surface area contributed by atoms with E-state index in [0.29, 0.717) is 17.9 Å². The summed E-state index contributed by atoms with van der Waals surface area (Å²) in [6.07, 6.45) is 4.64. The molecule has 126 valence electrons. The molecule has 0 saturated carbocycles. The Morgan fingerprint density at radius 1 is 1.24 bits per heavy atom. The fourth-order valence-corrected chi connectivity index (χ4v) is 3.64. The molecule has 0 radical (unpaired) electrons. The highest BCUT2D eigenvalue weighted by atomic mass is 79.9. The molecule has 0 spiro atoms. The van der Waals surface area contributed by atoms with Gasteiger partial charge in [0.25, 0.3) is 5.91 Å². The van der Waals surface area contributed by atoms with Crippen LogP contribution in [0, 0.1) is 0 Å². The molecular formula is C20H17BrN2O2. The van der Waals surface area contributed by atoms with E-state index in [0.717, 1.165) is 22.1 Å². The number of carbonyl (C=O) groups is 1. The van der Waals surface area contributed by atoms with Gasteiger partial charge < -0.3 is 14.6 Å². The lowest BCUT2D eigenvalue weighted by molar-refractivity contribution is 0.0824. The van der Waals surface area contributed by atoms with Crippen molar-refractivity contribution >= 4 is 38.8 Å². The summed E-state index contributed by atoms with van der Waals surface area (Å²) in [6.45, 7) is 0.633. The van der Waals surface area contributed by atoms with E-state index in [1.807, 2.05) is 36.5 Å². The predicted molar refractivity (Wildman–Crippen MR) is 103 cm³/mol. The number of ether oxygens (including phenoxy) is 1. The van der Waals surface area contributed by atoms with Crippen molar-refractivity contribution in [3.05, 3.63) is 70.0 Å². The molecule has 1 aromatic heterocycles. The van der Waals surface area contributed by atoms with Gasteiger partial charge in [-0.2, -0.15) is 0 Å². The molecule has 1 aliphatic rings. The largest absolute Gasteiger partial charge is 0.497 e. The van der Waals surface area contributed by atoms with Crippen molar-refractivity contribution in [2.24, 2.45) is 0 Å². The first-order chi connectivity index (χ1) is 12.2. The molecule has 4 rings (SSSR count). The standard InChI is InChI=1S/C20H17BrN2O2/c1-25-13-6-7-17(21)16(12-13)20(24)23-10-8-15-14-4-2-3-5-18(14)22-19(15)9-11-23/h2-7,9,11-12,22H,8,10H2,1H3. The molecule has 3 aromatic rings. The van der Waals surface area contributed by atoms with E-state index in [1.54, 1.807) is 18.1 Å². The summed E-state index contributed by atoms with van der Waals surface area (Å²) in [6, 6.07) is 13.7. The molecular weight excluding hydrogens is 380 g/mol. The van der Waals surface area contributed by atoms with Crippen molar-refractivity contribution in [1.29, 1.82) is 0 Å². The summed E-state index contributed by atoms with van der Waals surface area (Å²) in [5.41, 5.74) is 4.06. The Morgan fingerprint density at radius 2 is 2.08 bits per heavy atom. The molecule has 4 nitrogen and oxygen atoms in total. The average Bonchev–Trinajstić information content (AvgIpc) is 2.86. The van der Waals surface area contributed by atoms with E-state index in [2.05, 4.69) is 33.0 Å². The molecule has 0 saturated heterocycles. The number of carbonyl (C=O) groups excluding carboxylic acids is 1. The molecule has 0 unspecified atom stereocenters. The zero-order valence-electron chi connectivity index (χ0n) is 13.8. The number of aromatic nitrogens is 1. The maximum atomic E-state index is 13.0. The Hall–Kier alpha value is -2.53. The zero-order chi connectivity index (χ0) is 17.4. The number of nitrogens with zero attached hydrogens (tertiary/aromatic N) is 1. The van der Waals surface area contributed by atoms with E-state index < -0.39 is 0 Å². The van der Waals surface area contributed by atoms with Crippen LogP contribution < -0.4 is 4.74 Å². The molecule has 2 aromatic carbocycles. The van der Waals surface area contributed by atoms with Crippen LogP contribution in [0.1, 0.15) is 21.6 Å². The molecule has 1 N–H and O–H groups in total. The van der Waals surface area contributed by atoms with Crippen molar-refractivity contribution in [3.8, 4) is 5.75 Å². The predicted octanol–water partition coefficient (Wildman–Crippen LogP) is 4.61. The Labute approximate surface area is 154 Å². The minimum Gasteiger partial charge on any atom is -0.497 e. The number of H-pyrrole nitrogens is 1. The number of amides is 1. The van der Waals surface area contributed by atoms with E-state index >= 15 is 0 Å². The molecule has 0 aliphatic carbocycles. The lowest BCUT2D eigenvalue weighted by Gasteiger charge is -2.18. The minimum atomic E-state index is -0.0449. The Morgan fingerprint density at radius 3 is 2.92 bits per heavy atom. The number of aromatic amines is 1. The number of hydrogen-bond acceptors (Lipinski definition) is 2. The number of methoxy groups -OCH3 is 1. The van der Waals surface area contributed by atoms with E-state index in [4.69, 9.17) is 4.74 Å². The number of rotatable bonds is 2. The molecule has 1 aliphatic heterocycles. The zero-order valence-corrected chi connectivity index (χ0v) is 15.3. The summed E-state index contributed by atoms with van der Waals surface area (Å²) in [7, 11) is 1.60. The normalized spacial score (nSPS) is 13.6. The van der Waals surface area contributed by atoms with Crippen LogP contribution in [0.15, 0.2) is 53.1 Å². The summed E-state index contributed by atoms with van der Waals surface area (Å²) in [5.74, 6) is 0.623. The average molecular weight is 397 g/mol. The van der Waals surface area contributed by atoms with E-state index in [9.17, 15) is 4.79 Å². The van der Waals surface area contributed by atoms with E-state index in [1.165, 1.54) is 10.9 Å². The Balaban J connectivity index is 1.66. The van der Waals surface area contributed by atoms with Gasteiger partial charge in [-0.05, 0) is 58.3 Å². The summed E-state index contributed by atoms with van der Waals surface area (Å²) in [4.78, 5) is 18.1. The molecule has 5 heteroatoms. The molecule has 0 bridgehead atoms. The van der Waals surface area contributed by atoms with Crippen LogP contribution in [0.2, 0.25) is 0 Å². The fraction of sp³-hybridized carbons (Fsp3) is 0.150. The van der Waals surface area contributed by atoms with Crippen LogP contribution in [-0.4, -0.2) is 29.4 Å². The van der Waals surface area contributed by atoms with Crippen LogP contribution >= 0.6 is 15.9 Å². The van der Waals surface area contributed by atoms with Crippen LogP contribution in [-0.2, 0) is 6.42 Å². The molecule has 2 heterocycles. The molecule has 0 atom stereocenters. The fourth-order valence-electron chi connectivity index (χ4n) is 3.22. The van der Waals surface area contributed by atoms with Crippen LogP contribution in [0.3, 0.4) is 0 Å². The van der Waals surface area contributed by atoms with Crippen molar-refractivity contribution < 1.29 is 9.53 Å². The SMILES string of the molecule is COc1ccc(Br)c(C(=O)N2C=Cc3[nH]c4ccccc4c3CC2)c1. The number of para-hydroxylation sites is 1. The van der Waals surface area contributed by atoms with Gasteiger partial charge in [-0.3, -0.25) is 4.79 Å². The number of halogens is 1. The second kappa shape index (κ2) is 6.41. The summed E-state index contributed by atoms with van der Waals surface area (Å²) in [5, 5.41) is 1.22. The van der Waals surface area contributed by atoms with Crippen LogP contribution in [0.25, 0.3) is 17.0 Å². The Kier molecular flexibility index (Phi) is 4.09. The van der Waals surface area contributed by atoms with Gasteiger partial charge in [-0.15, -0.1) is 0 Å². The third-order valence-corrected chi connectivity index (χ3v) is 5.23. The number of hydrogen-bond donors (Lipinski definition) is 1. The van der Waals surface area contributed by atoms with Gasteiger partial charge in [-0.25, -0.2) is 0 Å². The van der Waals surface area contributed by atoms with Gasteiger partial charge in [0.1, 0.15) is 5.75 Å². The van der Waals surface area contributed by atoms with Crippen molar-refractivity contribution in [3.63, 3.8) is 0 Å². The molecule has 25 heavy (non-hydrogen) atoms. The third-order valence-electron chi connectivity index (χ3n) is 4.54. The van der Waals surface area contributed by atoms with E-state index in [-0.39, 0.29) is 5.91 Å². The monoisotopic (exact) mass is 396 g/mol. The van der Waals surface area contributed by atoms with Crippen LogP contribution in [0.4, 0.5) is 0 Å². The van der Waals surface area contributed by atoms with Gasteiger partial charge in [-0.1, -0.05) is 18.2 Å². The maximum Gasteiger partial charge on any atom is 0.259 e. The first kappa shape index (κ1) is 16.0. The maximum absolute atomic E-state index is 13.0. The highest BCUT2D eigenvalue weighted by Crippen LogP contribution is 2.28. The van der Waals surface area contributed by atoms with Crippen molar-refractivity contribution in [2.75, 3.05) is 13.7 Å². The second-order valence-electron chi connectivity index (χ2n) is 5.97. The lowest BCUT2D eigenvalue weighted by atomic mass is 10.1. The van der Waals surface area contributed by atoms with Gasteiger partial charge >= 0.3 is 0 Å².